The van der Waals surface area contributed by atoms with Crippen LogP contribution in [-0.2, 0) is 0 Å². The van der Waals surface area contributed by atoms with Gasteiger partial charge in [-0.1, -0.05) is 158 Å². The second-order valence-electron chi connectivity index (χ2n) is 14.4. The SMILES string of the molecule is C1=C(c2cccc(-c3ccccc3)c2)NC(c2ccccc2)=NC1c1cccc2c1c1ccccc1n2-c1cc(-c2ccccc2)c2oc3ccccc3c2c1. The molecule has 0 aliphatic carbocycles. The maximum Gasteiger partial charge on any atom is 0.143 e. The van der Waals surface area contributed by atoms with Crippen LogP contribution < -0.4 is 5.32 Å². The van der Waals surface area contributed by atoms with E-state index in [1.165, 1.54) is 21.9 Å². The van der Waals surface area contributed by atoms with Crippen LogP contribution in [-0.4, -0.2) is 10.4 Å². The van der Waals surface area contributed by atoms with Crippen molar-refractivity contribution in [1.82, 2.24) is 9.88 Å². The molecule has 0 amide bonds. The maximum absolute atomic E-state index is 6.57. The van der Waals surface area contributed by atoms with E-state index in [1.807, 2.05) is 12.1 Å². The van der Waals surface area contributed by atoms with Gasteiger partial charge in [-0.25, -0.2) is 0 Å². The molecule has 1 aliphatic heterocycles. The predicted molar refractivity (Wildman–Crippen MR) is 232 cm³/mol. The summed E-state index contributed by atoms with van der Waals surface area (Å²) in [6.07, 6.45) is 2.29. The zero-order valence-electron chi connectivity index (χ0n) is 30.4. The predicted octanol–water partition coefficient (Wildman–Crippen LogP) is 13.1. The van der Waals surface area contributed by atoms with Crippen LogP contribution >= 0.6 is 0 Å². The molecule has 11 rings (SSSR count). The van der Waals surface area contributed by atoms with Crippen LogP contribution in [0.4, 0.5) is 0 Å². The number of furan rings is 1. The highest BCUT2D eigenvalue weighted by atomic mass is 16.3. The fraction of sp³-hybridized carbons (Fsp3) is 0.0192. The topological polar surface area (TPSA) is 42.5 Å². The Bertz CT molecular complexity index is 3150. The number of benzene rings is 8. The Morgan fingerprint density at radius 3 is 1.91 bits per heavy atom. The van der Waals surface area contributed by atoms with Gasteiger partial charge in [0.1, 0.15) is 17.0 Å². The molecule has 4 heteroatoms. The van der Waals surface area contributed by atoms with E-state index in [1.54, 1.807) is 0 Å². The first-order chi connectivity index (χ1) is 27.8. The van der Waals surface area contributed by atoms with Gasteiger partial charge in [-0.15, -0.1) is 0 Å². The highest BCUT2D eigenvalue weighted by molar-refractivity contribution is 6.14. The Balaban J connectivity index is 1.14. The summed E-state index contributed by atoms with van der Waals surface area (Å²) in [6.45, 7) is 0. The molecule has 1 N–H and O–H groups in total. The Hall–Kier alpha value is -7.43. The third kappa shape index (κ3) is 5.34. The molecule has 1 unspecified atom stereocenters. The molecule has 1 atom stereocenters. The molecule has 0 fully saturated rings. The molecule has 0 radical (unpaired) electrons. The summed E-state index contributed by atoms with van der Waals surface area (Å²) >= 11 is 0. The minimum absolute atomic E-state index is 0.245. The van der Waals surface area contributed by atoms with Crippen molar-refractivity contribution in [2.75, 3.05) is 0 Å². The van der Waals surface area contributed by atoms with E-state index < -0.39 is 0 Å². The van der Waals surface area contributed by atoms with E-state index in [-0.39, 0.29) is 6.04 Å². The number of aliphatic imine (C=N–C) groups is 1. The van der Waals surface area contributed by atoms with Crippen LogP contribution in [0.3, 0.4) is 0 Å². The van der Waals surface area contributed by atoms with Crippen LogP contribution in [0, 0.1) is 0 Å². The van der Waals surface area contributed by atoms with Crippen molar-refractivity contribution in [3.05, 3.63) is 217 Å². The summed E-state index contributed by atoms with van der Waals surface area (Å²) in [5.41, 5.74) is 14.0. The monoisotopic (exact) mass is 717 g/mol. The van der Waals surface area contributed by atoms with Crippen molar-refractivity contribution >= 4 is 55.3 Å². The lowest BCUT2D eigenvalue weighted by atomic mass is 9.95. The average molecular weight is 718 g/mol. The normalized spacial score (nSPS) is 14.2. The molecule has 10 aromatic rings. The van der Waals surface area contributed by atoms with Gasteiger partial charge in [-0.3, -0.25) is 4.99 Å². The lowest BCUT2D eigenvalue weighted by molar-refractivity contribution is 0.670. The van der Waals surface area contributed by atoms with Crippen molar-refractivity contribution < 1.29 is 4.42 Å². The number of hydrogen-bond acceptors (Lipinski definition) is 3. The van der Waals surface area contributed by atoms with Crippen LogP contribution in [0.1, 0.15) is 22.7 Å². The number of rotatable bonds is 6. The molecule has 56 heavy (non-hydrogen) atoms. The van der Waals surface area contributed by atoms with Crippen molar-refractivity contribution in [3.63, 3.8) is 0 Å². The zero-order chi connectivity index (χ0) is 37.0. The number of amidine groups is 1. The van der Waals surface area contributed by atoms with E-state index in [0.29, 0.717) is 0 Å². The summed E-state index contributed by atoms with van der Waals surface area (Å²) in [4.78, 5) is 5.45. The van der Waals surface area contributed by atoms with Crippen LogP contribution in [0.2, 0.25) is 0 Å². The van der Waals surface area contributed by atoms with E-state index in [4.69, 9.17) is 9.41 Å². The first-order valence-electron chi connectivity index (χ1n) is 19.1. The molecule has 4 nitrogen and oxygen atoms in total. The van der Waals surface area contributed by atoms with Gasteiger partial charge in [0.2, 0.25) is 0 Å². The van der Waals surface area contributed by atoms with E-state index in [9.17, 15) is 0 Å². The Kier molecular flexibility index (Phi) is 7.52. The highest BCUT2D eigenvalue weighted by Gasteiger charge is 2.25. The number of aromatic nitrogens is 1. The summed E-state index contributed by atoms with van der Waals surface area (Å²) in [7, 11) is 0. The first-order valence-corrected chi connectivity index (χ1v) is 19.1. The number of nitrogens with zero attached hydrogens (tertiary/aromatic N) is 2. The summed E-state index contributed by atoms with van der Waals surface area (Å²) in [5, 5.41) is 8.31. The van der Waals surface area contributed by atoms with Crippen molar-refractivity contribution in [2.45, 2.75) is 6.04 Å². The van der Waals surface area contributed by atoms with Crippen molar-refractivity contribution in [1.29, 1.82) is 0 Å². The number of hydrogen-bond donors (Lipinski definition) is 1. The second-order valence-corrected chi connectivity index (χ2v) is 14.4. The van der Waals surface area contributed by atoms with Crippen LogP contribution in [0.25, 0.3) is 77.4 Å². The van der Waals surface area contributed by atoms with Gasteiger partial charge in [0.05, 0.1) is 17.1 Å². The standard InChI is InChI=1S/C52H35N3O/c1-4-16-34(17-5-1)37-22-14-23-38(30-37)45-33-46(54-52(53-45)36-20-8-3-9-21-36)41-26-15-28-48-50(41)42-25-10-12-27-47(42)55(48)39-31-43(35-18-6-2-7-19-35)51-44(32-39)40-24-11-13-29-49(40)56-51/h1-33,46H,(H,53,54). The molecule has 8 aromatic carbocycles. The number of para-hydroxylation sites is 2. The van der Waals surface area contributed by atoms with Gasteiger partial charge in [-0.05, 0) is 70.3 Å². The van der Waals surface area contributed by atoms with Gasteiger partial charge in [-0.2, -0.15) is 0 Å². The molecule has 0 saturated carbocycles. The molecule has 0 bridgehead atoms. The van der Waals surface area contributed by atoms with Gasteiger partial charge < -0.3 is 14.3 Å². The fourth-order valence-electron chi connectivity index (χ4n) is 8.45. The van der Waals surface area contributed by atoms with Gasteiger partial charge in [0.15, 0.2) is 0 Å². The zero-order valence-corrected chi connectivity index (χ0v) is 30.4. The fourth-order valence-corrected chi connectivity index (χ4v) is 8.45. The Labute approximate surface area is 324 Å². The summed E-state index contributed by atoms with van der Waals surface area (Å²) in [5.74, 6) is 0.851. The third-order valence-electron chi connectivity index (χ3n) is 11.0. The largest absolute Gasteiger partial charge is 0.455 e. The minimum atomic E-state index is -0.245. The summed E-state index contributed by atoms with van der Waals surface area (Å²) in [6, 6.07) is 68.4. The number of fused-ring (bicyclic) bond motifs is 6. The Morgan fingerprint density at radius 2 is 1.11 bits per heavy atom. The average Bonchev–Trinajstić information content (AvgIpc) is 3.83. The van der Waals surface area contributed by atoms with Crippen LogP contribution in [0.15, 0.2) is 210 Å². The van der Waals surface area contributed by atoms with Gasteiger partial charge in [0.25, 0.3) is 0 Å². The lowest BCUT2D eigenvalue weighted by Crippen LogP contribution is -2.27. The lowest BCUT2D eigenvalue weighted by Gasteiger charge is -2.24. The van der Waals surface area contributed by atoms with Gasteiger partial charge >= 0.3 is 0 Å². The van der Waals surface area contributed by atoms with E-state index in [0.717, 1.165) is 78.0 Å². The van der Waals surface area contributed by atoms with Crippen molar-refractivity contribution in [3.8, 4) is 27.9 Å². The van der Waals surface area contributed by atoms with Crippen molar-refractivity contribution in [2.24, 2.45) is 4.99 Å². The van der Waals surface area contributed by atoms with E-state index >= 15 is 0 Å². The molecule has 2 aromatic heterocycles. The summed E-state index contributed by atoms with van der Waals surface area (Å²) < 4.78 is 8.99. The highest BCUT2D eigenvalue weighted by Crippen LogP contribution is 2.43. The Morgan fingerprint density at radius 1 is 0.482 bits per heavy atom. The molecule has 3 heterocycles. The molecule has 1 aliphatic rings. The molecule has 0 spiro atoms. The first kappa shape index (κ1) is 32.0. The minimum Gasteiger partial charge on any atom is -0.455 e. The third-order valence-corrected chi connectivity index (χ3v) is 11.0. The quantitative estimate of drug-likeness (QED) is 0.186. The second kappa shape index (κ2) is 13.2. The van der Waals surface area contributed by atoms with Crippen LogP contribution in [0.5, 0.6) is 0 Å². The maximum atomic E-state index is 6.57. The van der Waals surface area contributed by atoms with Gasteiger partial charge in [0, 0.05) is 44.1 Å². The molecule has 264 valence electrons. The number of nitrogens with one attached hydrogen (secondary N) is 1. The molecular formula is C52H35N3O. The molecular weight excluding hydrogens is 683 g/mol. The smallest absolute Gasteiger partial charge is 0.143 e. The molecule has 0 saturated heterocycles. The van der Waals surface area contributed by atoms with E-state index in [2.05, 4.69) is 198 Å².